The number of aromatic nitrogens is 1. The maximum absolute atomic E-state index is 12.3. The van der Waals surface area contributed by atoms with E-state index in [-0.39, 0.29) is 19.0 Å². The number of benzene rings is 1. The largest absolute Gasteiger partial charge is 0.465 e. The van der Waals surface area contributed by atoms with Crippen LogP contribution in [0.25, 0.3) is 10.9 Å². The standard InChI is InChI=1S/C16H14N2O5/c1-9(19)18-6-11(10-4-2-3-5-12(10)18)15-13(20)7-17(16(22)23)8-14(15)21/h2-6,15H,7-8H2,1H3,(H,22,23). The number of hydrogen-bond acceptors (Lipinski definition) is 4. The summed E-state index contributed by atoms with van der Waals surface area (Å²) < 4.78 is 1.40. The topological polar surface area (TPSA) is 96.7 Å². The third-order valence-electron chi connectivity index (χ3n) is 4.00. The van der Waals surface area contributed by atoms with Gasteiger partial charge in [-0.15, -0.1) is 0 Å². The van der Waals surface area contributed by atoms with Gasteiger partial charge in [0.15, 0.2) is 11.6 Å². The first-order valence-electron chi connectivity index (χ1n) is 7.04. The van der Waals surface area contributed by atoms with Crippen LogP contribution < -0.4 is 0 Å². The van der Waals surface area contributed by atoms with Crippen molar-refractivity contribution >= 4 is 34.5 Å². The van der Waals surface area contributed by atoms with Crippen LogP contribution in [0, 0.1) is 0 Å². The number of piperidine rings is 1. The zero-order valence-corrected chi connectivity index (χ0v) is 12.4. The van der Waals surface area contributed by atoms with Gasteiger partial charge in [0.05, 0.1) is 18.6 Å². The number of carbonyl (C=O) groups excluding carboxylic acids is 3. The summed E-state index contributed by atoms with van der Waals surface area (Å²) >= 11 is 0. The van der Waals surface area contributed by atoms with Crippen LogP contribution in [0.3, 0.4) is 0 Å². The van der Waals surface area contributed by atoms with Crippen molar-refractivity contribution in [2.24, 2.45) is 0 Å². The first-order valence-corrected chi connectivity index (χ1v) is 7.04. The third-order valence-corrected chi connectivity index (χ3v) is 4.00. The van der Waals surface area contributed by atoms with E-state index in [4.69, 9.17) is 5.11 Å². The third kappa shape index (κ3) is 2.40. The van der Waals surface area contributed by atoms with Crippen LogP contribution in [0.4, 0.5) is 4.79 Å². The molecule has 2 aromatic rings. The Morgan fingerprint density at radius 3 is 2.30 bits per heavy atom. The van der Waals surface area contributed by atoms with Crippen LogP contribution >= 0.6 is 0 Å². The lowest BCUT2D eigenvalue weighted by Gasteiger charge is -2.27. The summed E-state index contributed by atoms with van der Waals surface area (Å²) in [6, 6.07) is 7.01. The molecule has 1 aliphatic rings. The molecule has 2 heterocycles. The molecular weight excluding hydrogens is 300 g/mol. The number of para-hydroxylation sites is 1. The molecule has 0 spiro atoms. The number of Topliss-reactive ketones (excluding diaryl/α,β-unsaturated/α-hetero) is 2. The van der Waals surface area contributed by atoms with Crippen molar-refractivity contribution in [3.63, 3.8) is 0 Å². The van der Waals surface area contributed by atoms with Gasteiger partial charge in [-0.2, -0.15) is 0 Å². The van der Waals surface area contributed by atoms with Gasteiger partial charge < -0.3 is 5.11 Å². The van der Waals surface area contributed by atoms with Crippen LogP contribution in [0.5, 0.6) is 0 Å². The summed E-state index contributed by atoms with van der Waals surface area (Å²) in [5, 5.41) is 9.60. The number of fused-ring (bicyclic) bond motifs is 1. The van der Waals surface area contributed by atoms with Gasteiger partial charge in [0.1, 0.15) is 5.92 Å². The highest BCUT2D eigenvalue weighted by Crippen LogP contribution is 2.31. The fraction of sp³-hybridized carbons (Fsp3) is 0.250. The van der Waals surface area contributed by atoms with Crippen molar-refractivity contribution < 1.29 is 24.3 Å². The second kappa shape index (κ2) is 5.35. The van der Waals surface area contributed by atoms with E-state index in [1.807, 2.05) is 0 Å². The molecule has 118 valence electrons. The van der Waals surface area contributed by atoms with E-state index in [0.717, 1.165) is 4.90 Å². The molecule has 1 fully saturated rings. The van der Waals surface area contributed by atoms with E-state index >= 15 is 0 Å². The summed E-state index contributed by atoms with van der Waals surface area (Å²) in [4.78, 5) is 48.2. The minimum Gasteiger partial charge on any atom is -0.465 e. The van der Waals surface area contributed by atoms with Gasteiger partial charge in [-0.25, -0.2) is 4.79 Å². The molecule has 0 aliphatic carbocycles. The number of likely N-dealkylation sites (tertiary alicyclic amines) is 1. The number of carbonyl (C=O) groups is 4. The van der Waals surface area contributed by atoms with Crippen molar-refractivity contribution in [1.29, 1.82) is 0 Å². The van der Waals surface area contributed by atoms with Gasteiger partial charge in [-0.05, 0) is 11.6 Å². The first kappa shape index (κ1) is 15.0. The fourth-order valence-electron chi connectivity index (χ4n) is 2.97. The molecule has 0 unspecified atom stereocenters. The van der Waals surface area contributed by atoms with Crippen LogP contribution in [0.2, 0.25) is 0 Å². The number of ketones is 2. The molecule has 7 nitrogen and oxygen atoms in total. The minimum atomic E-state index is -1.30. The number of carboxylic acid groups (broad SMARTS) is 1. The lowest BCUT2D eigenvalue weighted by molar-refractivity contribution is -0.134. The van der Waals surface area contributed by atoms with Crippen molar-refractivity contribution in [1.82, 2.24) is 9.47 Å². The average molecular weight is 314 g/mol. The lowest BCUT2D eigenvalue weighted by Crippen LogP contribution is -2.48. The lowest BCUT2D eigenvalue weighted by atomic mass is 9.87. The van der Waals surface area contributed by atoms with E-state index in [1.165, 1.54) is 17.7 Å². The highest BCUT2D eigenvalue weighted by atomic mass is 16.4. The molecule has 0 atom stereocenters. The van der Waals surface area contributed by atoms with Crippen molar-refractivity contribution in [3.05, 3.63) is 36.0 Å². The molecule has 1 aliphatic heterocycles. The molecule has 0 bridgehead atoms. The summed E-state index contributed by atoms with van der Waals surface area (Å²) in [5.41, 5.74) is 1.08. The van der Waals surface area contributed by atoms with Crippen molar-refractivity contribution in [2.75, 3.05) is 13.1 Å². The molecule has 1 aromatic heterocycles. The Balaban J connectivity index is 2.10. The summed E-state index contributed by atoms with van der Waals surface area (Å²) in [5.74, 6) is -2.21. The molecule has 1 aromatic carbocycles. The zero-order chi connectivity index (χ0) is 16.7. The van der Waals surface area contributed by atoms with Gasteiger partial charge in [0.25, 0.3) is 0 Å². The van der Waals surface area contributed by atoms with E-state index in [0.29, 0.717) is 16.5 Å². The maximum atomic E-state index is 12.3. The Kier molecular flexibility index (Phi) is 3.48. The van der Waals surface area contributed by atoms with Crippen LogP contribution in [0.15, 0.2) is 30.5 Å². The Morgan fingerprint density at radius 2 is 1.74 bits per heavy atom. The second-order valence-electron chi connectivity index (χ2n) is 5.49. The molecule has 23 heavy (non-hydrogen) atoms. The first-order chi connectivity index (χ1) is 10.9. The molecule has 0 radical (unpaired) electrons. The number of rotatable bonds is 1. The van der Waals surface area contributed by atoms with Gasteiger partial charge >= 0.3 is 6.09 Å². The quantitative estimate of drug-likeness (QED) is 0.805. The maximum Gasteiger partial charge on any atom is 0.408 e. The smallest absolute Gasteiger partial charge is 0.408 e. The molecule has 1 amide bonds. The van der Waals surface area contributed by atoms with Gasteiger partial charge in [0, 0.05) is 18.5 Å². The van der Waals surface area contributed by atoms with Gasteiger partial charge in [-0.3, -0.25) is 23.9 Å². The molecular formula is C16H14N2O5. The van der Waals surface area contributed by atoms with E-state index in [2.05, 4.69) is 0 Å². The Morgan fingerprint density at radius 1 is 1.13 bits per heavy atom. The summed E-state index contributed by atoms with van der Waals surface area (Å²) in [7, 11) is 0. The number of nitrogens with zero attached hydrogens (tertiary/aromatic N) is 2. The normalized spacial score (nSPS) is 16.1. The second-order valence-corrected chi connectivity index (χ2v) is 5.49. The zero-order valence-electron chi connectivity index (χ0n) is 12.4. The predicted molar refractivity (Wildman–Crippen MR) is 80.6 cm³/mol. The summed E-state index contributed by atoms with van der Waals surface area (Å²) in [6.45, 7) is 0.740. The fourth-order valence-corrected chi connectivity index (χ4v) is 2.97. The van der Waals surface area contributed by atoms with Crippen molar-refractivity contribution in [2.45, 2.75) is 12.8 Å². The van der Waals surface area contributed by atoms with Crippen LogP contribution in [-0.4, -0.2) is 51.2 Å². The molecule has 7 heteroatoms. The predicted octanol–water partition coefficient (Wildman–Crippen LogP) is 1.52. The van der Waals surface area contributed by atoms with Crippen molar-refractivity contribution in [3.8, 4) is 0 Å². The number of hydrogen-bond donors (Lipinski definition) is 1. The van der Waals surface area contributed by atoms with E-state index in [1.54, 1.807) is 24.3 Å². The molecule has 3 rings (SSSR count). The Hall–Kier alpha value is -2.96. The van der Waals surface area contributed by atoms with Gasteiger partial charge in [-0.1, -0.05) is 18.2 Å². The van der Waals surface area contributed by atoms with Gasteiger partial charge in [0.2, 0.25) is 5.91 Å². The highest BCUT2D eigenvalue weighted by Gasteiger charge is 2.38. The molecule has 0 saturated carbocycles. The average Bonchev–Trinajstić information content (AvgIpc) is 2.86. The van der Waals surface area contributed by atoms with E-state index in [9.17, 15) is 19.2 Å². The summed E-state index contributed by atoms with van der Waals surface area (Å²) in [6.07, 6.45) is 0.209. The van der Waals surface area contributed by atoms with Crippen LogP contribution in [-0.2, 0) is 9.59 Å². The minimum absolute atomic E-state index is 0.227. The monoisotopic (exact) mass is 314 g/mol. The van der Waals surface area contributed by atoms with Crippen LogP contribution in [0.1, 0.15) is 23.2 Å². The SMILES string of the molecule is CC(=O)n1cc(C2C(=O)CN(C(=O)O)CC2=O)c2ccccc21. The highest BCUT2D eigenvalue weighted by molar-refractivity contribution is 6.15. The Labute approximate surface area is 131 Å². The molecule has 1 saturated heterocycles. The number of amides is 1. The van der Waals surface area contributed by atoms with E-state index < -0.39 is 23.6 Å². The molecule has 1 N–H and O–H groups in total. The Bertz CT molecular complexity index is 833.